The first-order valence-electron chi connectivity index (χ1n) is 8.22. The van der Waals surface area contributed by atoms with Gasteiger partial charge in [-0.25, -0.2) is 4.79 Å². The van der Waals surface area contributed by atoms with Crippen molar-refractivity contribution in [1.82, 2.24) is 5.32 Å². The number of rotatable bonds is 6. The van der Waals surface area contributed by atoms with E-state index in [1.807, 2.05) is 36.4 Å². The monoisotopic (exact) mass is 327 g/mol. The summed E-state index contributed by atoms with van der Waals surface area (Å²) in [4.78, 5) is 23.7. The smallest absolute Gasteiger partial charge is 0.330 e. The summed E-state index contributed by atoms with van der Waals surface area (Å²) < 4.78 is 5.29. The fourth-order valence-electron chi connectivity index (χ4n) is 3.05. The molecule has 1 aliphatic rings. The maximum atomic E-state index is 12.1. The zero-order chi connectivity index (χ0) is 16.9. The van der Waals surface area contributed by atoms with E-state index in [1.165, 1.54) is 0 Å². The maximum absolute atomic E-state index is 12.1. The lowest BCUT2D eigenvalue weighted by Crippen LogP contribution is -2.33. The molecular formula is C19H21NO4. The Hall–Kier alpha value is -2.40. The average Bonchev–Trinajstić information content (AvgIpc) is 3.10. The highest BCUT2D eigenvalue weighted by Gasteiger charge is 2.23. The molecule has 2 atom stereocenters. The molecule has 5 nitrogen and oxygen atoms in total. The lowest BCUT2D eigenvalue weighted by atomic mass is 10.0. The van der Waals surface area contributed by atoms with Crippen LogP contribution in [-0.4, -0.2) is 30.2 Å². The summed E-state index contributed by atoms with van der Waals surface area (Å²) in [5.74, 6) is -0.884. The summed E-state index contributed by atoms with van der Waals surface area (Å²) >= 11 is 0. The van der Waals surface area contributed by atoms with Crippen LogP contribution in [0, 0.1) is 5.92 Å². The van der Waals surface area contributed by atoms with Gasteiger partial charge >= 0.3 is 5.97 Å². The van der Waals surface area contributed by atoms with Gasteiger partial charge in [0.2, 0.25) is 5.91 Å². The molecule has 2 aromatic carbocycles. The molecule has 0 saturated carbocycles. The van der Waals surface area contributed by atoms with Crippen LogP contribution in [0.4, 0.5) is 0 Å². The van der Waals surface area contributed by atoms with Gasteiger partial charge in [-0.2, -0.15) is 0 Å². The summed E-state index contributed by atoms with van der Waals surface area (Å²) in [5, 5.41) is 14.1. The van der Waals surface area contributed by atoms with Crippen LogP contribution < -0.4 is 5.32 Å². The Kier molecular flexibility index (Phi) is 5.11. The van der Waals surface area contributed by atoms with Crippen molar-refractivity contribution in [1.29, 1.82) is 0 Å². The van der Waals surface area contributed by atoms with Gasteiger partial charge in [0, 0.05) is 19.6 Å². The number of hydrogen-bond donors (Lipinski definition) is 2. The molecule has 0 bridgehead atoms. The van der Waals surface area contributed by atoms with E-state index in [0.29, 0.717) is 24.5 Å². The van der Waals surface area contributed by atoms with Crippen molar-refractivity contribution in [3.8, 4) is 0 Å². The Morgan fingerprint density at radius 3 is 2.71 bits per heavy atom. The normalized spacial score (nSPS) is 18.4. The van der Waals surface area contributed by atoms with Crippen LogP contribution in [-0.2, 0) is 14.3 Å². The molecule has 3 rings (SSSR count). The molecule has 1 amide bonds. The third-order valence-corrected chi connectivity index (χ3v) is 4.46. The van der Waals surface area contributed by atoms with Gasteiger partial charge < -0.3 is 15.2 Å². The minimum absolute atomic E-state index is 0.234. The highest BCUT2D eigenvalue weighted by Crippen LogP contribution is 2.22. The molecule has 2 unspecified atom stereocenters. The van der Waals surface area contributed by atoms with Crippen LogP contribution >= 0.6 is 0 Å². The molecule has 2 N–H and O–H groups in total. The third-order valence-electron chi connectivity index (χ3n) is 4.46. The third kappa shape index (κ3) is 3.92. The number of aliphatic carboxylic acids is 1. The summed E-state index contributed by atoms with van der Waals surface area (Å²) in [7, 11) is 0. The summed E-state index contributed by atoms with van der Waals surface area (Å²) in [6.45, 7) is 1.45. The van der Waals surface area contributed by atoms with Crippen LogP contribution in [0.25, 0.3) is 10.8 Å². The largest absolute Gasteiger partial charge is 0.479 e. The van der Waals surface area contributed by atoms with Gasteiger partial charge in [-0.3, -0.25) is 4.79 Å². The van der Waals surface area contributed by atoms with E-state index in [1.54, 1.807) is 6.07 Å². The topological polar surface area (TPSA) is 75.6 Å². The lowest BCUT2D eigenvalue weighted by Gasteiger charge is -2.16. The van der Waals surface area contributed by atoms with E-state index >= 15 is 0 Å². The summed E-state index contributed by atoms with van der Waals surface area (Å²) in [6, 6.07) is 12.2. The summed E-state index contributed by atoms with van der Waals surface area (Å²) in [5.41, 5.74) is 0.582. The summed E-state index contributed by atoms with van der Waals surface area (Å²) in [6.07, 6.45) is 2.03. The van der Waals surface area contributed by atoms with Crippen LogP contribution in [0.5, 0.6) is 0 Å². The minimum atomic E-state index is -1.05. The molecule has 1 fully saturated rings. The van der Waals surface area contributed by atoms with E-state index in [0.717, 1.165) is 30.2 Å². The number of hydrogen-bond acceptors (Lipinski definition) is 3. The Morgan fingerprint density at radius 2 is 2.00 bits per heavy atom. The van der Waals surface area contributed by atoms with E-state index in [4.69, 9.17) is 4.74 Å². The Balaban J connectivity index is 1.68. The van der Waals surface area contributed by atoms with Gasteiger partial charge in [0.15, 0.2) is 6.04 Å². The average molecular weight is 327 g/mol. The fourth-order valence-corrected chi connectivity index (χ4v) is 3.05. The van der Waals surface area contributed by atoms with E-state index in [9.17, 15) is 14.7 Å². The van der Waals surface area contributed by atoms with Gasteiger partial charge in [0.1, 0.15) is 0 Å². The first-order valence-corrected chi connectivity index (χ1v) is 8.22. The number of carbonyl (C=O) groups excluding carboxylic acids is 1. The first kappa shape index (κ1) is 16.5. The number of benzene rings is 2. The molecule has 1 saturated heterocycles. The van der Waals surface area contributed by atoms with E-state index in [-0.39, 0.29) is 5.91 Å². The molecule has 5 heteroatoms. The number of carbonyl (C=O) groups is 2. The van der Waals surface area contributed by atoms with Gasteiger partial charge in [0.05, 0.1) is 0 Å². The van der Waals surface area contributed by atoms with Crippen LogP contribution in [0.1, 0.15) is 30.9 Å². The molecule has 1 aliphatic heterocycles. The zero-order valence-electron chi connectivity index (χ0n) is 13.4. The molecule has 0 spiro atoms. The SMILES string of the molecule is O=C(CCC1CCOC1)NC(C(=O)O)c1ccc2ccccc2c1. The Morgan fingerprint density at radius 1 is 1.21 bits per heavy atom. The predicted molar refractivity (Wildman–Crippen MR) is 90.6 cm³/mol. The van der Waals surface area contributed by atoms with E-state index < -0.39 is 12.0 Å². The van der Waals surface area contributed by atoms with Crippen LogP contribution in [0.15, 0.2) is 42.5 Å². The van der Waals surface area contributed by atoms with Crippen molar-refractivity contribution in [3.63, 3.8) is 0 Å². The highest BCUT2D eigenvalue weighted by molar-refractivity contribution is 5.88. The molecule has 126 valence electrons. The second-order valence-electron chi connectivity index (χ2n) is 6.21. The molecule has 0 aromatic heterocycles. The molecule has 0 radical (unpaired) electrons. The van der Waals surface area contributed by atoms with Crippen molar-refractivity contribution in [2.24, 2.45) is 5.92 Å². The zero-order valence-corrected chi connectivity index (χ0v) is 13.4. The minimum Gasteiger partial charge on any atom is -0.479 e. The van der Waals surface area contributed by atoms with E-state index in [2.05, 4.69) is 5.32 Å². The standard InChI is InChI=1S/C19H21NO4/c21-17(8-5-13-9-10-24-12-13)20-18(19(22)23)16-7-6-14-3-1-2-4-15(14)11-16/h1-4,6-7,11,13,18H,5,8-10,12H2,(H,20,21)(H,22,23). The molecule has 1 heterocycles. The number of carboxylic acid groups (broad SMARTS) is 1. The van der Waals surface area contributed by atoms with Gasteiger partial charge in [-0.15, -0.1) is 0 Å². The second-order valence-corrected chi connectivity index (χ2v) is 6.21. The van der Waals surface area contributed by atoms with Gasteiger partial charge in [-0.05, 0) is 41.2 Å². The van der Waals surface area contributed by atoms with Crippen molar-refractivity contribution in [2.75, 3.05) is 13.2 Å². The Labute approximate surface area is 140 Å². The van der Waals surface area contributed by atoms with Gasteiger partial charge in [0.25, 0.3) is 0 Å². The first-order chi connectivity index (χ1) is 11.6. The molecule has 2 aromatic rings. The number of nitrogens with one attached hydrogen (secondary N) is 1. The quantitative estimate of drug-likeness (QED) is 0.855. The van der Waals surface area contributed by atoms with Crippen molar-refractivity contribution < 1.29 is 19.4 Å². The van der Waals surface area contributed by atoms with Crippen molar-refractivity contribution in [2.45, 2.75) is 25.3 Å². The second kappa shape index (κ2) is 7.45. The maximum Gasteiger partial charge on any atom is 0.330 e. The Bertz CT molecular complexity index is 737. The predicted octanol–water partition coefficient (Wildman–Crippen LogP) is 2.90. The van der Waals surface area contributed by atoms with Crippen molar-refractivity contribution in [3.05, 3.63) is 48.0 Å². The van der Waals surface area contributed by atoms with Gasteiger partial charge in [-0.1, -0.05) is 36.4 Å². The number of fused-ring (bicyclic) bond motifs is 1. The fraction of sp³-hybridized carbons (Fsp3) is 0.368. The molecule has 24 heavy (non-hydrogen) atoms. The lowest BCUT2D eigenvalue weighted by molar-refractivity contribution is -0.142. The molecular weight excluding hydrogens is 306 g/mol. The van der Waals surface area contributed by atoms with Crippen LogP contribution in [0.2, 0.25) is 0 Å². The van der Waals surface area contributed by atoms with Crippen LogP contribution in [0.3, 0.4) is 0 Å². The molecule has 0 aliphatic carbocycles. The number of ether oxygens (including phenoxy) is 1. The van der Waals surface area contributed by atoms with Crippen molar-refractivity contribution >= 4 is 22.6 Å². The highest BCUT2D eigenvalue weighted by atomic mass is 16.5. The number of carboxylic acids is 1. The number of amides is 1.